The van der Waals surface area contributed by atoms with Gasteiger partial charge in [-0.2, -0.15) is 0 Å². The molecule has 31 heavy (non-hydrogen) atoms. The number of esters is 1. The summed E-state index contributed by atoms with van der Waals surface area (Å²) < 4.78 is 5.36. The van der Waals surface area contributed by atoms with Crippen LogP contribution in [0.4, 0.5) is 0 Å². The molecule has 2 nitrogen and oxygen atoms in total. The lowest BCUT2D eigenvalue weighted by Crippen LogP contribution is -2.24. The van der Waals surface area contributed by atoms with Crippen molar-refractivity contribution in [2.24, 2.45) is 17.8 Å². The zero-order valence-electron chi connectivity index (χ0n) is 20.1. The molecule has 0 spiro atoms. The van der Waals surface area contributed by atoms with E-state index in [-0.39, 0.29) is 5.97 Å². The van der Waals surface area contributed by atoms with Crippen LogP contribution in [0, 0.1) is 17.8 Å². The highest BCUT2D eigenvalue weighted by molar-refractivity contribution is 6.31. The molecule has 1 aliphatic carbocycles. The quantitative estimate of drug-likeness (QED) is 0.173. The number of rotatable bonds is 13. The Balaban J connectivity index is 1.68. The minimum atomic E-state index is -0.262. The third kappa shape index (κ3) is 9.39. The first-order chi connectivity index (χ1) is 14.9. The van der Waals surface area contributed by atoms with Gasteiger partial charge >= 0.3 is 5.97 Å². The number of ether oxygens (including phenoxy) is 1. The Bertz CT molecular complexity index is 688. The number of carbonyl (C=O) groups excluding carboxylic acids is 1. The van der Waals surface area contributed by atoms with Crippen LogP contribution in [0.3, 0.4) is 0 Å². The van der Waals surface area contributed by atoms with E-state index in [1.807, 2.05) is 0 Å². The number of aryl methyl sites for hydroxylation is 2. The summed E-state index contributed by atoms with van der Waals surface area (Å²) in [6.45, 7) is 10.3. The van der Waals surface area contributed by atoms with Gasteiger partial charge in [0.2, 0.25) is 0 Å². The molecule has 0 radical (unpaired) electrons. The lowest BCUT2D eigenvalue weighted by molar-refractivity contribution is -0.140. The van der Waals surface area contributed by atoms with Gasteiger partial charge < -0.3 is 4.74 Å². The van der Waals surface area contributed by atoms with Gasteiger partial charge in [0.1, 0.15) is 0 Å². The Morgan fingerprint density at radius 3 is 2.48 bits per heavy atom. The van der Waals surface area contributed by atoms with Gasteiger partial charge in [-0.15, -0.1) is 0 Å². The Hall–Kier alpha value is -1.28. The molecule has 2 rings (SSSR count). The second-order valence-electron chi connectivity index (χ2n) is 9.77. The van der Waals surface area contributed by atoms with Gasteiger partial charge in [-0.3, -0.25) is 0 Å². The van der Waals surface area contributed by atoms with Crippen molar-refractivity contribution in [3.8, 4) is 0 Å². The number of hydrogen-bond acceptors (Lipinski definition) is 2. The summed E-state index contributed by atoms with van der Waals surface area (Å²) >= 11 is 6.58. The number of carbonyl (C=O) groups is 1. The van der Waals surface area contributed by atoms with Crippen molar-refractivity contribution in [1.82, 2.24) is 0 Å². The van der Waals surface area contributed by atoms with E-state index in [1.54, 1.807) is 6.92 Å². The maximum absolute atomic E-state index is 11.6. The lowest BCUT2D eigenvalue weighted by Gasteiger charge is -2.32. The highest BCUT2D eigenvalue weighted by atomic mass is 35.5. The predicted octanol–water partition coefficient (Wildman–Crippen LogP) is 8.35. The van der Waals surface area contributed by atoms with Gasteiger partial charge in [-0.1, -0.05) is 82.7 Å². The molecule has 0 aliphatic heterocycles. The van der Waals surface area contributed by atoms with Crippen molar-refractivity contribution in [1.29, 1.82) is 0 Å². The summed E-state index contributed by atoms with van der Waals surface area (Å²) in [6, 6.07) is 6.74. The van der Waals surface area contributed by atoms with Crippen LogP contribution in [0.25, 0.3) is 0 Å². The molecule has 0 N–H and O–H groups in total. The van der Waals surface area contributed by atoms with E-state index < -0.39 is 0 Å². The highest BCUT2D eigenvalue weighted by Crippen LogP contribution is 2.36. The van der Waals surface area contributed by atoms with Gasteiger partial charge in [0.05, 0.1) is 6.61 Å². The second-order valence-corrected chi connectivity index (χ2v) is 10.2. The molecule has 1 atom stereocenters. The molecular formula is C28H43ClO2. The van der Waals surface area contributed by atoms with E-state index in [0.29, 0.717) is 24.0 Å². The van der Waals surface area contributed by atoms with Gasteiger partial charge in [-0.25, -0.2) is 4.79 Å². The molecule has 1 aromatic rings. The number of benzene rings is 1. The van der Waals surface area contributed by atoms with Gasteiger partial charge in [0, 0.05) is 10.6 Å². The van der Waals surface area contributed by atoms with Crippen LogP contribution in [0.15, 0.2) is 30.4 Å². The van der Waals surface area contributed by atoms with Crippen LogP contribution in [0.5, 0.6) is 0 Å². The summed E-state index contributed by atoms with van der Waals surface area (Å²) in [5.74, 6) is 1.64. The Labute approximate surface area is 195 Å². The molecular weight excluding hydrogens is 404 g/mol. The van der Waals surface area contributed by atoms with Gasteiger partial charge in [-0.05, 0) is 80.4 Å². The zero-order valence-corrected chi connectivity index (χ0v) is 20.8. The number of halogens is 1. The fraction of sp³-hybridized carbons (Fsp3) is 0.679. The van der Waals surface area contributed by atoms with Crippen molar-refractivity contribution in [2.45, 2.75) is 97.8 Å². The maximum Gasteiger partial charge on any atom is 0.333 e. The molecule has 1 aliphatic rings. The van der Waals surface area contributed by atoms with E-state index in [1.165, 1.54) is 75.3 Å². The van der Waals surface area contributed by atoms with Gasteiger partial charge in [0.15, 0.2) is 0 Å². The topological polar surface area (TPSA) is 26.3 Å². The van der Waals surface area contributed by atoms with Crippen LogP contribution >= 0.6 is 11.6 Å². The maximum atomic E-state index is 11.6. The average Bonchev–Trinajstić information content (AvgIpc) is 2.77. The first kappa shape index (κ1) is 26.0. The largest absolute Gasteiger partial charge is 0.462 e. The van der Waals surface area contributed by atoms with Crippen LogP contribution in [-0.4, -0.2) is 12.6 Å². The molecule has 0 bridgehead atoms. The average molecular weight is 447 g/mol. The third-order valence-electron chi connectivity index (χ3n) is 7.03. The summed E-state index contributed by atoms with van der Waals surface area (Å²) in [5.41, 5.74) is 3.17. The van der Waals surface area contributed by atoms with Crippen LogP contribution < -0.4 is 0 Å². The number of hydrogen-bond donors (Lipinski definition) is 0. The Morgan fingerprint density at radius 1 is 1.13 bits per heavy atom. The summed E-state index contributed by atoms with van der Waals surface area (Å²) in [6.07, 6.45) is 15.1. The van der Waals surface area contributed by atoms with E-state index in [0.717, 1.165) is 23.8 Å². The highest BCUT2D eigenvalue weighted by Gasteiger charge is 2.26. The first-order valence-corrected chi connectivity index (χ1v) is 12.9. The molecule has 0 aromatic heterocycles. The third-order valence-corrected chi connectivity index (χ3v) is 7.38. The van der Waals surface area contributed by atoms with Gasteiger partial charge in [0.25, 0.3) is 0 Å². The molecule has 0 heterocycles. The first-order valence-electron chi connectivity index (χ1n) is 12.5. The Morgan fingerprint density at radius 2 is 1.84 bits per heavy atom. The SMILES string of the molecule is C=C(C)C(=O)OCC(C)C1CCC(CCc2ccc(CCCCCCC)c(Cl)c2)CC1. The van der Waals surface area contributed by atoms with E-state index in [4.69, 9.17) is 16.3 Å². The van der Waals surface area contributed by atoms with Crippen LogP contribution in [0.1, 0.15) is 96.1 Å². The molecule has 1 fully saturated rings. The minimum Gasteiger partial charge on any atom is -0.462 e. The van der Waals surface area contributed by atoms with Crippen molar-refractivity contribution in [2.75, 3.05) is 6.61 Å². The number of unbranched alkanes of at least 4 members (excludes halogenated alkanes) is 4. The molecule has 174 valence electrons. The standard InChI is InChI=1S/C28H43ClO2/c1-5-6-7-8-9-10-26-18-15-24(19-27(26)29)12-11-23-13-16-25(17-14-23)22(4)20-31-28(30)21(2)3/h15,18-19,22-23,25H,2,5-14,16-17,20H2,1,3-4H3. The normalized spacial score (nSPS) is 19.7. The van der Waals surface area contributed by atoms with Crippen molar-refractivity contribution in [3.05, 3.63) is 46.5 Å². The fourth-order valence-electron chi connectivity index (χ4n) is 4.75. The molecule has 0 amide bonds. The molecule has 1 aromatic carbocycles. The van der Waals surface area contributed by atoms with Crippen LogP contribution in [0.2, 0.25) is 5.02 Å². The minimum absolute atomic E-state index is 0.262. The lowest BCUT2D eigenvalue weighted by atomic mass is 9.75. The van der Waals surface area contributed by atoms with E-state index in [2.05, 4.69) is 38.6 Å². The summed E-state index contributed by atoms with van der Waals surface area (Å²) in [5, 5.41) is 0.954. The van der Waals surface area contributed by atoms with E-state index >= 15 is 0 Å². The molecule has 3 heteroatoms. The smallest absolute Gasteiger partial charge is 0.333 e. The molecule has 1 saturated carbocycles. The summed E-state index contributed by atoms with van der Waals surface area (Å²) in [4.78, 5) is 11.6. The van der Waals surface area contributed by atoms with E-state index in [9.17, 15) is 4.79 Å². The Kier molecular flexibility index (Phi) is 11.7. The summed E-state index contributed by atoms with van der Waals surface area (Å²) in [7, 11) is 0. The molecule has 0 saturated heterocycles. The second kappa shape index (κ2) is 14.0. The van der Waals surface area contributed by atoms with Crippen molar-refractivity contribution < 1.29 is 9.53 Å². The fourth-order valence-corrected chi connectivity index (χ4v) is 5.05. The zero-order chi connectivity index (χ0) is 22.6. The van der Waals surface area contributed by atoms with Crippen molar-refractivity contribution >= 4 is 17.6 Å². The predicted molar refractivity (Wildman–Crippen MR) is 133 cm³/mol. The van der Waals surface area contributed by atoms with Crippen molar-refractivity contribution in [3.63, 3.8) is 0 Å². The monoisotopic (exact) mass is 446 g/mol. The molecule has 1 unspecified atom stereocenters. The van der Waals surface area contributed by atoms with Crippen LogP contribution in [-0.2, 0) is 22.4 Å².